The molecule has 6 aromatic rings. The molecule has 0 saturated heterocycles. The van der Waals surface area contributed by atoms with Crippen LogP contribution in [0.1, 0.15) is 120 Å². The molecule has 2 aliphatic rings. The Labute approximate surface area is 309 Å². The highest BCUT2D eigenvalue weighted by Gasteiger charge is 2.51. The number of hydrogen-bond acceptors (Lipinski definition) is 4. The van der Waals surface area contributed by atoms with Crippen LogP contribution in [0.5, 0.6) is 0 Å². The van der Waals surface area contributed by atoms with Crippen molar-refractivity contribution in [1.82, 2.24) is 19.9 Å². The Kier molecular flexibility index (Phi) is 8.48. The molecule has 8 rings (SSSR count). The van der Waals surface area contributed by atoms with Crippen LogP contribution in [0.25, 0.3) is 44.9 Å². The first kappa shape index (κ1) is 34.1. The van der Waals surface area contributed by atoms with Gasteiger partial charge < -0.3 is 0 Å². The van der Waals surface area contributed by atoms with Gasteiger partial charge in [-0.25, -0.2) is 15.0 Å². The molecular formula is C48H50N4. The normalized spacial score (nSPS) is 15.8. The average Bonchev–Trinajstić information content (AvgIpc) is 3.60. The number of aromatic nitrogens is 4. The molecule has 0 radical (unpaired) electrons. The van der Waals surface area contributed by atoms with E-state index in [1.807, 2.05) is 6.20 Å². The number of unbranched alkanes of at least 4 members (excludes halogenated alkanes) is 4. The van der Waals surface area contributed by atoms with Gasteiger partial charge in [-0.15, -0.1) is 0 Å². The summed E-state index contributed by atoms with van der Waals surface area (Å²) >= 11 is 0. The van der Waals surface area contributed by atoms with E-state index in [1.54, 1.807) is 0 Å². The third-order valence-corrected chi connectivity index (χ3v) is 11.0. The second-order valence-corrected chi connectivity index (χ2v) is 16.9. The summed E-state index contributed by atoms with van der Waals surface area (Å²) in [7, 11) is 0. The first-order valence-electron chi connectivity index (χ1n) is 19.2. The van der Waals surface area contributed by atoms with E-state index >= 15 is 0 Å². The fourth-order valence-electron chi connectivity index (χ4n) is 8.31. The van der Waals surface area contributed by atoms with E-state index in [1.165, 1.54) is 82.2 Å². The molecular weight excluding hydrogens is 633 g/mol. The Balaban J connectivity index is 1.24. The summed E-state index contributed by atoms with van der Waals surface area (Å²) in [6, 6.07) is 36.6. The van der Waals surface area contributed by atoms with E-state index in [0.29, 0.717) is 5.82 Å². The van der Waals surface area contributed by atoms with Gasteiger partial charge in [0.05, 0.1) is 11.1 Å². The SMILES string of the molecule is CCCCCCCc1ccc2c(c1)C1(c3ccccc3-2)c2ccccc2-c2ccc(-c3ccc(-c4nc(C(C)(C)C)nc(C(C)(C)C)n4)cn3)cc21. The third kappa shape index (κ3) is 5.68. The summed E-state index contributed by atoms with van der Waals surface area (Å²) in [4.78, 5) is 19.8. The van der Waals surface area contributed by atoms with Gasteiger partial charge in [-0.1, -0.05) is 153 Å². The Morgan fingerprint density at radius 1 is 0.519 bits per heavy atom. The third-order valence-electron chi connectivity index (χ3n) is 11.0. The molecule has 1 unspecified atom stereocenters. The highest BCUT2D eigenvalue weighted by Crippen LogP contribution is 2.63. The van der Waals surface area contributed by atoms with Crippen molar-refractivity contribution in [2.45, 2.75) is 103 Å². The Morgan fingerprint density at radius 2 is 1.08 bits per heavy atom. The molecule has 4 aromatic carbocycles. The maximum Gasteiger partial charge on any atom is 0.164 e. The quantitative estimate of drug-likeness (QED) is 0.150. The molecule has 0 fully saturated rings. The minimum atomic E-state index is -0.385. The standard InChI is InChI=1S/C48H50N4/c1-8-9-10-11-12-17-31-22-25-36-34-18-13-15-20-38(34)48(40(36)28-31)39-21-16-14-19-35(39)37-26-23-32(29-41(37)48)42-27-24-33(30-49-42)43-50-44(46(2,3)4)52-45(51-43)47(5,6)7/h13-16,18-30H,8-12,17H2,1-7H3. The van der Waals surface area contributed by atoms with Crippen molar-refractivity contribution in [1.29, 1.82) is 0 Å². The molecule has 2 heterocycles. The van der Waals surface area contributed by atoms with Crippen LogP contribution in [0.4, 0.5) is 0 Å². The van der Waals surface area contributed by atoms with E-state index in [2.05, 4.69) is 146 Å². The van der Waals surface area contributed by atoms with Crippen molar-refractivity contribution >= 4 is 0 Å². The summed E-state index contributed by atoms with van der Waals surface area (Å²) in [5.41, 5.74) is 14.4. The van der Waals surface area contributed by atoms with Gasteiger partial charge >= 0.3 is 0 Å². The maximum atomic E-state index is 5.06. The molecule has 0 bridgehead atoms. The van der Waals surface area contributed by atoms with Crippen LogP contribution >= 0.6 is 0 Å². The van der Waals surface area contributed by atoms with Gasteiger partial charge in [0.15, 0.2) is 5.82 Å². The van der Waals surface area contributed by atoms with Crippen LogP contribution in [0.2, 0.25) is 0 Å². The fraction of sp³-hybridized carbons (Fsp3) is 0.333. The van der Waals surface area contributed by atoms with Crippen LogP contribution in [0, 0.1) is 0 Å². The van der Waals surface area contributed by atoms with E-state index < -0.39 is 0 Å². The molecule has 2 aliphatic carbocycles. The minimum Gasteiger partial charge on any atom is -0.255 e. The van der Waals surface area contributed by atoms with Crippen molar-refractivity contribution in [3.05, 3.63) is 143 Å². The lowest BCUT2D eigenvalue weighted by atomic mass is 9.70. The summed E-state index contributed by atoms with van der Waals surface area (Å²) in [5.74, 6) is 2.27. The molecule has 0 saturated carbocycles. The van der Waals surface area contributed by atoms with Crippen LogP contribution in [-0.2, 0) is 22.7 Å². The van der Waals surface area contributed by atoms with Crippen LogP contribution in [0.15, 0.2) is 103 Å². The zero-order valence-corrected chi connectivity index (χ0v) is 31.8. The second-order valence-electron chi connectivity index (χ2n) is 16.9. The van der Waals surface area contributed by atoms with Gasteiger partial charge in [0.1, 0.15) is 11.6 Å². The van der Waals surface area contributed by atoms with Crippen molar-refractivity contribution in [2.24, 2.45) is 0 Å². The van der Waals surface area contributed by atoms with Crippen molar-refractivity contribution in [2.75, 3.05) is 0 Å². The molecule has 2 aromatic heterocycles. The van der Waals surface area contributed by atoms with E-state index in [-0.39, 0.29) is 16.2 Å². The summed E-state index contributed by atoms with van der Waals surface area (Å²) in [6.07, 6.45) is 9.48. The van der Waals surface area contributed by atoms with Gasteiger partial charge in [-0.05, 0) is 81.1 Å². The molecule has 1 atom stereocenters. The topological polar surface area (TPSA) is 51.6 Å². The Bertz CT molecular complexity index is 2240. The zero-order chi connectivity index (χ0) is 36.3. The number of hydrogen-bond donors (Lipinski definition) is 0. The smallest absolute Gasteiger partial charge is 0.164 e. The van der Waals surface area contributed by atoms with Crippen molar-refractivity contribution in [3.8, 4) is 44.9 Å². The first-order valence-corrected chi connectivity index (χ1v) is 19.2. The van der Waals surface area contributed by atoms with Gasteiger partial charge in [-0.3, -0.25) is 4.98 Å². The van der Waals surface area contributed by atoms with Gasteiger partial charge in [0.2, 0.25) is 0 Å². The summed E-state index contributed by atoms with van der Waals surface area (Å²) in [5, 5.41) is 0. The molecule has 0 N–H and O–H groups in total. The predicted octanol–water partition coefficient (Wildman–Crippen LogP) is 12.1. The van der Waals surface area contributed by atoms with E-state index in [0.717, 1.165) is 34.9 Å². The fourth-order valence-corrected chi connectivity index (χ4v) is 8.31. The molecule has 1 spiro atoms. The first-order chi connectivity index (χ1) is 25.0. The Hall–Kier alpha value is -4.96. The number of pyridine rings is 1. The molecule has 4 nitrogen and oxygen atoms in total. The van der Waals surface area contributed by atoms with Crippen LogP contribution in [0.3, 0.4) is 0 Å². The summed E-state index contributed by atoms with van der Waals surface area (Å²) < 4.78 is 0. The van der Waals surface area contributed by atoms with Crippen LogP contribution in [-0.4, -0.2) is 19.9 Å². The van der Waals surface area contributed by atoms with Gasteiger partial charge in [0, 0.05) is 28.2 Å². The Morgan fingerprint density at radius 3 is 1.67 bits per heavy atom. The molecule has 52 heavy (non-hydrogen) atoms. The average molecular weight is 683 g/mol. The molecule has 4 heteroatoms. The van der Waals surface area contributed by atoms with Crippen LogP contribution < -0.4 is 0 Å². The van der Waals surface area contributed by atoms with Gasteiger partial charge in [-0.2, -0.15) is 0 Å². The second kappa shape index (κ2) is 12.9. The lowest BCUT2D eigenvalue weighted by Crippen LogP contribution is -2.26. The van der Waals surface area contributed by atoms with Gasteiger partial charge in [0.25, 0.3) is 0 Å². The number of fused-ring (bicyclic) bond motifs is 10. The monoisotopic (exact) mass is 682 g/mol. The lowest BCUT2D eigenvalue weighted by molar-refractivity contribution is 0.497. The van der Waals surface area contributed by atoms with E-state index in [9.17, 15) is 0 Å². The zero-order valence-electron chi connectivity index (χ0n) is 31.8. The number of benzene rings is 4. The highest BCUT2D eigenvalue weighted by molar-refractivity contribution is 5.95. The number of aryl methyl sites for hydroxylation is 1. The molecule has 0 amide bonds. The maximum absolute atomic E-state index is 5.06. The largest absolute Gasteiger partial charge is 0.255 e. The lowest BCUT2D eigenvalue weighted by Gasteiger charge is -2.31. The predicted molar refractivity (Wildman–Crippen MR) is 215 cm³/mol. The minimum absolute atomic E-state index is 0.199. The van der Waals surface area contributed by atoms with Crippen molar-refractivity contribution in [3.63, 3.8) is 0 Å². The molecule has 262 valence electrons. The highest BCUT2D eigenvalue weighted by atomic mass is 15.1. The summed E-state index contributed by atoms with van der Waals surface area (Å²) in [6.45, 7) is 15.2. The number of rotatable bonds is 8. The van der Waals surface area contributed by atoms with E-state index in [4.69, 9.17) is 19.9 Å². The van der Waals surface area contributed by atoms with Crippen molar-refractivity contribution < 1.29 is 0 Å². The number of nitrogens with zero attached hydrogens (tertiary/aromatic N) is 4. The molecule has 0 aliphatic heterocycles.